The molecule has 0 saturated heterocycles. The molecule has 0 saturated carbocycles. The fourth-order valence-corrected chi connectivity index (χ4v) is 4.22. The molecule has 4 aromatic rings. The molecule has 0 fully saturated rings. The van der Waals surface area contributed by atoms with Gasteiger partial charge in [0.15, 0.2) is 0 Å². The number of halogens is 4. The van der Waals surface area contributed by atoms with Crippen molar-refractivity contribution >= 4 is 40.1 Å². The number of ether oxygens (including phenoxy) is 1. The van der Waals surface area contributed by atoms with E-state index in [4.69, 9.17) is 16.6 Å². The highest BCUT2D eigenvalue weighted by Gasteiger charge is 2.31. The number of nitrogens with one attached hydrogen (secondary N) is 1. The number of rotatable bonds is 8. The van der Waals surface area contributed by atoms with Crippen molar-refractivity contribution in [1.82, 2.24) is 9.55 Å². The predicted molar refractivity (Wildman–Crippen MR) is 130 cm³/mol. The number of nitrogens with zero attached hydrogens (tertiary/aromatic N) is 2. The summed E-state index contributed by atoms with van der Waals surface area (Å²) in [6, 6.07) is 18.6. The maximum atomic E-state index is 12.5. The Labute approximate surface area is 205 Å². The number of Topliss-reactive ketones (excluding diaryl/α,β-unsaturated/α-hetero) is 1. The molecule has 0 aliphatic carbocycles. The van der Waals surface area contributed by atoms with E-state index in [9.17, 15) is 18.0 Å². The number of anilines is 2. The first-order valence-electron chi connectivity index (χ1n) is 11.0. The van der Waals surface area contributed by atoms with Gasteiger partial charge >= 0.3 is 6.36 Å². The second-order valence-electron chi connectivity index (χ2n) is 8.23. The normalized spacial score (nSPS) is 12.5. The number of aromatic nitrogens is 2. The first-order valence-corrected chi connectivity index (χ1v) is 11.4. The number of benzene rings is 3. The summed E-state index contributed by atoms with van der Waals surface area (Å²) in [5.74, 6) is 0.306. The zero-order valence-corrected chi connectivity index (χ0v) is 19.8. The van der Waals surface area contributed by atoms with Crippen LogP contribution in [0.4, 0.5) is 24.8 Å². The summed E-state index contributed by atoms with van der Waals surface area (Å²) >= 11 is 6.47. The fourth-order valence-electron chi connectivity index (χ4n) is 3.92. The summed E-state index contributed by atoms with van der Waals surface area (Å²) in [6.07, 6.45) is -3.70. The zero-order valence-electron chi connectivity index (χ0n) is 19.1. The lowest BCUT2D eigenvalue weighted by Gasteiger charge is -2.20. The fraction of sp³-hybridized carbons (Fsp3) is 0.231. The molecule has 1 N–H and O–H groups in total. The van der Waals surface area contributed by atoms with Gasteiger partial charge in [0.25, 0.3) is 0 Å². The van der Waals surface area contributed by atoms with Crippen LogP contribution in [0.3, 0.4) is 0 Å². The van der Waals surface area contributed by atoms with Crippen LogP contribution in [-0.2, 0) is 11.2 Å². The highest BCUT2D eigenvalue weighted by Crippen LogP contribution is 2.34. The Morgan fingerprint density at radius 2 is 1.83 bits per heavy atom. The number of aryl methyl sites for hydroxylation is 1. The molecule has 0 bridgehead atoms. The van der Waals surface area contributed by atoms with Crippen molar-refractivity contribution in [1.29, 1.82) is 0 Å². The molecule has 4 rings (SSSR count). The third-order valence-corrected chi connectivity index (χ3v) is 5.95. The van der Waals surface area contributed by atoms with Crippen LogP contribution < -0.4 is 10.1 Å². The number of imidazole rings is 1. The van der Waals surface area contributed by atoms with Crippen molar-refractivity contribution in [3.05, 3.63) is 82.9 Å². The Morgan fingerprint density at radius 3 is 2.49 bits per heavy atom. The minimum absolute atomic E-state index is 0.114. The summed E-state index contributed by atoms with van der Waals surface area (Å²) in [5, 5.41) is 3.82. The van der Waals surface area contributed by atoms with Gasteiger partial charge in [-0.2, -0.15) is 0 Å². The Bertz CT molecular complexity index is 1350. The number of alkyl halides is 3. The number of fused-ring (bicyclic) bond motifs is 1. The van der Waals surface area contributed by atoms with E-state index in [2.05, 4.69) is 10.1 Å². The molecule has 0 amide bonds. The minimum Gasteiger partial charge on any atom is -0.406 e. The van der Waals surface area contributed by atoms with Crippen molar-refractivity contribution in [2.45, 2.75) is 39.1 Å². The highest BCUT2D eigenvalue weighted by molar-refractivity contribution is 6.31. The molecule has 3 aromatic carbocycles. The predicted octanol–water partition coefficient (Wildman–Crippen LogP) is 7.46. The van der Waals surface area contributed by atoms with Crippen LogP contribution in [0.5, 0.6) is 5.75 Å². The van der Waals surface area contributed by atoms with Gasteiger partial charge in [-0.3, -0.25) is 0 Å². The van der Waals surface area contributed by atoms with Gasteiger partial charge in [-0.1, -0.05) is 35.9 Å². The number of ketones is 1. The molecule has 0 aliphatic heterocycles. The summed E-state index contributed by atoms with van der Waals surface area (Å²) in [5.41, 5.74) is 4.00. The molecule has 0 radical (unpaired) electrons. The van der Waals surface area contributed by atoms with E-state index in [-0.39, 0.29) is 17.6 Å². The van der Waals surface area contributed by atoms with Gasteiger partial charge in [0.05, 0.1) is 17.1 Å². The summed E-state index contributed by atoms with van der Waals surface area (Å²) in [6.45, 7) is 3.56. The molecule has 0 spiro atoms. The standard InChI is InChI=1S/C26H23ClF3N3O2/c1-16(34)7-8-18-9-14-24-23(15-18)32-25(33(24)17(2)21-5-3-4-6-22(21)27)31-19-10-12-20(13-11-19)35-26(28,29)30/h3-6,9-15,17H,7-8H2,1-2H3,(H,31,32). The third-order valence-electron chi connectivity index (χ3n) is 5.61. The zero-order chi connectivity index (χ0) is 25.2. The molecule has 1 heterocycles. The van der Waals surface area contributed by atoms with E-state index in [1.165, 1.54) is 24.3 Å². The van der Waals surface area contributed by atoms with Crippen LogP contribution in [0.15, 0.2) is 66.7 Å². The topological polar surface area (TPSA) is 56.1 Å². The quantitative estimate of drug-likeness (QED) is 0.272. The molecular formula is C26H23ClF3N3O2. The molecule has 0 aliphatic rings. The van der Waals surface area contributed by atoms with Crippen LogP contribution in [-0.4, -0.2) is 21.7 Å². The van der Waals surface area contributed by atoms with Gasteiger partial charge in [0.2, 0.25) is 5.95 Å². The number of carbonyl (C=O) groups excluding carboxylic acids is 1. The molecule has 1 atom stereocenters. The van der Waals surface area contributed by atoms with Crippen LogP contribution in [0, 0.1) is 0 Å². The van der Waals surface area contributed by atoms with E-state index in [0.29, 0.717) is 29.5 Å². The van der Waals surface area contributed by atoms with Gasteiger partial charge < -0.3 is 19.4 Å². The lowest BCUT2D eigenvalue weighted by Crippen LogP contribution is -2.17. The van der Waals surface area contributed by atoms with Gasteiger partial charge in [-0.05, 0) is 73.9 Å². The molecule has 5 nitrogen and oxygen atoms in total. The molecule has 182 valence electrons. The van der Waals surface area contributed by atoms with E-state index in [1.54, 1.807) is 6.92 Å². The summed E-state index contributed by atoms with van der Waals surface area (Å²) in [7, 11) is 0. The number of hydrogen-bond acceptors (Lipinski definition) is 4. The Kier molecular flexibility index (Phi) is 7.03. The largest absolute Gasteiger partial charge is 0.573 e. The molecule has 1 aromatic heterocycles. The first-order chi connectivity index (χ1) is 16.6. The van der Waals surface area contributed by atoms with Crippen molar-refractivity contribution in [3.63, 3.8) is 0 Å². The van der Waals surface area contributed by atoms with E-state index >= 15 is 0 Å². The molecule has 35 heavy (non-hydrogen) atoms. The van der Waals surface area contributed by atoms with Crippen LogP contribution >= 0.6 is 11.6 Å². The van der Waals surface area contributed by atoms with Crippen LogP contribution in [0.25, 0.3) is 11.0 Å². The maximum absolute atomic E-state index is 12.5. The van der Waals surface area contributed by atoms with Gasteiger partial charge in [-0.15, -0.1) is 13.2 Å². The SMILES string of the molecule is CC(=O)CCc1ccc2c(c1)nc(Nc1ccc(OC(F)(F)F)cc1)n2C(C)c1ccccc1Cl. The highest BCUT2D eigenvalue weighted by atomic mass is 35.5. The van der Waals surface area contributed by atoms with Crippen LogP contribution in [0.1, 0.15) is 37.4 Å². The second-order valence-corrected chi connectivity index (χ2v) is 8.63. The van der Waals surface area contributed by atoms with Gasteiger partial charge in [0.1, 0.15) is 11.5 Å². The van der Waals surface area contributed by atoms with E-state index in [0.717, 1.165) is 22.2 Å². The molecular weight excluding hydrogens is 479 g/mol. The maximum Gasteiger partial charge on any atom is 0.573 e. The van der Waals surface area contributed by atoms with E-state index in [1.807, 2.05) is 54.0 Å². The first kappa shape index (κ1) is 24.6. The lowest BCUT2D eigenvalue weighted by atomic mass is 10.1. The van der Waals surface area contributed by atoms with Crippen molar-refractivity contribution in [2.75, 3.05) is 5.32 Å². The summed E-state index contributed by atoms with van der Waals surface area (Å²) < 4.78 is 43.4. The van der Waals surface area contributed by atoms with Gasteiger partial charge in [0, 0.05) is 17.1 Å². The van der Waals surface area contributed by atoms with Crippen LogP contribution in [0.2, 0.25) is 5.02 Å². The molecule has 9 heteroatoms. The third kappa shape index (κ3) is 5.95. The minimum atomic E-state index is -4.76. The summed E-state index contributed by atoms with van der Waals surface area (Å²) in [4.78, 5) is 16.2. The monoisotopic (exact) mass is 501 g/mol. The smallest absolute Gasteiger partial charge is 0.406 e. The van der Waals surface area contributed by atoms with E-state index < -0.39 is 6.36 Å². The Hall–Kier alpha value is -3.52. The molecule has 1 unspecified atom stereocenters. The van der Waals surface area contributed by atoms with Crippen molar-refractivity contribution < 1.29 is 22.7 Å². The lowest BCUT2D eigenvalue weighted by molar-refractivity contribution is -0.274. The average Bonchev–Trinajstić information content (AvgIpc) is 3.15. The van der Waals surface area contributed by atoms with Crippen molar-refractivity contribution in [2.24, 2.45) is 0 Å². The number of hydrogen-bond donors (Lipinski definition) is 1. The average molecular weight is 502 g/mol. The Balaban J connectivity index is 1.73. The van der Waals surface area contributed by atoms with Crippen molar-refractivity contribution in [3.8, 4) is 5.75 Å². The number of carbonyl (C=O) groups is 1. The van der Waals surface area contributed by atoms with Gasteiger partial charge in [-0.25, -0.2) is 4.98 Å². The Morgan fingerprint density at radius 1 is 1.11 bits per heavy atom. The second kappa shape index (κ2) is 10.00.